The van der Waals surface area contributed by atoms with Gasteiger partial charge in [-0.15, -0.1) is 5.10 Å². The number of aryl methyl sites for hydroxylation is 2. The SMILES string of the molecule is CCCn1nncc1C(NCC)c1cscc1C. The number of thiophene rings is 1. The highest BCUT2D eigenvalue weighted by Crippen LogP contribution is 2.27. The number of nitrogens with zero attached hydrogens (tertiary/aromatic N) is 3. The molecule has 0 aliphatic heterocycles. The van der Waals surface area contributed by atoms with Gasteiger partial charge in [-0.05, 0) is 41.8 Å². The van der Waals surface area contributed by atoms with Crippen LogP contribution in [0.15, 0.2) is 17.0 Å². The Morgan fingerprint density at radius 3 is 2.83 bits per heavy atom. The molecule has 4 nitrogen and oxygen atoms in total. The maximum Gasteiger partial charge on any atom is 0.0802 e. The van der Waals surface area contributed by atoms with Gasteiger partial charge < -0.3 is 5.32 Å². The first-order valence-electron chi connectivity index (χ1n) is 6.42. The van der Waals surface area contributed by atoms with Crippen LogP contribution < -0.4 is 5.32 Å². The van der Waals surface area contributed by atoms with Gasteiger partial charge in [0, 0.05) is 6.54 Å². The predicted octanol–water partition coefficient (Wildman–Crippen LogP) is 2.76. The lowest BCUT2D eigenvalue weighted by Crippen LogP contribution is -2.25. The van der Waals surface area contributed by atoms with E-state index in [4.69, 9.17) is 0 Å². The van der Waals surface area contributed by atoms with E-state index in [1.165, 1.54) is 11.1 Å². The Bertz CT molecular complexity index is 489. The largest absolute Gasteiger partial charge is 0.305 e. The topological polar surface area (TPSA) is 42.7 Å². The summed E-state index contributed by atoms with van der Waals surface area (Å²) in [5.74, 6) is 0. The first-order valence-corrected chi connectivity index (χ1v) is 7.36. The van der Waals surface area contributed by atoms with E-state index in [2.05, 4.69) is 47.2 Å². The third-order valence-corrected chi connectivity index (χ3v) is 3.87. The molecule has 0 saturated heterocycles. The van der Waals surface area contributed by atoms with E-state index in [9.17, 15) is 0 Å². The highest BCUT2D eigenvalue weighted by Gasteiger charge is 2.20. The van der Waals surface area contributed by atoms with E-state index >= 15 is 0 Å². The van der Waals surface area contributed by atoms with Crippen molar-refractivity contribution in [2.24, 2.45) is 0 Å². The van der Waals surface area contributed by atoms with Crippen molar-refractivity contribution in [3.05, 3.63) is 33.8 Å². The molecule has 5 heteroatoms. The second kappa shape index (κ2) is 6.11. The highest BCUT2D eigenvalue weighted by atomic mass is 32.1. The lowest BCUT2D eigenvalue weighted by Gasteiger charge is -2.18. The Balaban J connectivity index is 2.35. The van der Waals surface area contributed by atoms with Crippen LogP contribution in [0.5, 0.6) is 0 Å². The number of aromatic nitrogens is 3. The lowest BCUT2D eigenvalue weighted by molar-refractivity contribution is 0.511. The van der Waals surface area contributed by atoms with E-state index in [-0.39, 0.29) is 6.04 Å². The Morgan fingerprint density at radius 1 is 1.39 bits per heavy atom. The molecule has 1 unspecified atom stereocenters. The Morgan fingerprint density at radius 2 is 2.22 bits per heavy atom. The summed E-state index contributed by atoms with van der Waals surface area (Å²) < 4.78 is 2.00. The van der Waals surface area contributed by atoms with Crippen LogP contribution in [0.2, 0.25) is 0 Å². The van der Waals surface area contributed by atoms with Crippen molar-refractivity contribution in [2.75, 3.05) is 6.54 Å². The highest BCUT2D eigenvalue weighted by molar-refractivity contribution is 7.08. The van der Waals surface area contributed by atoms with Gasteiger partial charge in [0.15, 0.2) is 0 Å². The molecule has 1 N–H and O–H groups in total. The second-order valence-electron chi connectivity index (χ2n) is 4.38. The molecular weight excluding hydrogens is 244 g/mol. The van der Waals surface area contributed by atoms with Crippen molar-refractivity contribution >= 4 is 11.3 Å². The van der Waals surface area contributed by atoms with Crippen molar-refractivity contribution in [1.29, 1.82) is 0 Å². The minimum Gasteiger partial charge on any atom is -0.305 e. The summed E-state index contributed by atoms with van der Waals surface area (Å²) >= 11 is 1.75. The van der Waals surface area contributed by atoms with Gasteiger partial charge >= 0.3 is 0 Å². The van der Waals surface area contributed by atoms with E-state index in [0.29, 0.717) is 0 Å². The Labute approximate surface area is 112 Å². The molecule has 2 heterocycles. The molecule has 0 aliphatic carbocycles. The molecule has 0 aliphatic rings. The lowest BCUT2D eigenvalue weighted by atomic mass is 10.0. The maximum atomic E-state index is 4.18. The molecule has 0 aromatic carbocycles. The fourth-order valence-electron chi connectivity index (χ4n) is 2.12. The molecule has 98 valence electrons. The normalized spacial score (nSPS) is 12.8. The molecule has 1 atom stereocenters. The number of hydrogen-bond donors (Lipinski definition) is 1. The predicted molar refractivity (Wildman–Crippen MR) is 74.9 cm³/mol. The molecular formula is C13H20N4S. The molecule has 18 heavy (non-hydrogen) atoms. The molecule has 0 amide bonds. The first kappa shape index (κ1) is 13.2. The van der Waals surface area contributed by atoms with Gasteiger partial charge in [-0.1, -0.05) is 19.1 Å². The van der Waals surface area contributed by atoms with Gasteiger partial charge in [-0.25, -0.2) is 4.68 Å². The van der Waals surface area contributed by atoms with E-state index in [1.54, 1.807) is 11.3 Å². The summed E-state index contributed by atoms with van der Waals surface area (Å²) in [5.41, 5.74) is 3.82. The number of rotatable bonds is 6. The van der Waals surface area contributed by atoms with Crippen LogP contribution in [0.1, 0.15) is 43.1 Å². The fourth-order valence-corrected chi connectivity index (χ4v) is 3.00. The summed E-state index contributed by atoms with van der Waals surface area (Å²) in [7, 11) is 0. The monoisotopic (exact) mass is 264 g/mol. The van der Waals surface area contributed by atoms with Gasteiger partial charge in [0.2, 0.25) is 0 Å². The van der Waals surface area contributed by atoms with Crippen molar-refractivity contribution < 1.29 is 0 Å². The van der Waals surface area contributed by atoms with Crippen LogP contribution >= 0.6 is 11.3 Å². The Kier molecular flexibility index (Phi) is 4.49. The maximum absolute atomic E-state index is 4.18. The minimum atomic E-state index is 0.197. The summed E-state index contributed by atoms with van der Waals surface area (Å²) in [6.07, 6.45) is 2.94. The van der Waals surface area contributed by atoms with Crippen LogP contribution in [0.3, 0.4) is 0 Å². The Hall–Kier alpha value is -1.20. The smallest absolute Gasteiger partial charge is 0.0802 e. The quantitative estimate of drug-likeness (QED) is 0.872. The molecule has 0 fully saturated rings. The van der Waals surface area contributed by atoms with Crippen molar-refractivity contribution in [2.45, 2.75) is 39.8 Å². The van der Waals surface area contributed by atoms with E-state index < -0.39 is 0 Å². The fraction of sp³-hybridized carbons (Fsp3) is 0.538. The minimum absolute atomic E-state index is 0.197. The van der Waals surface area contributed by atoms with Crippen LogP contribution in [-0.2, 0) is 6.54 Å². The third kappa shape index (κ3) is 2.62. The average molecular weight is 264 g/mol. The van der Waals surface area contributed by atoms with Gasteiger partial charge in [0.25, 0.3) is 0 Å². The summed E-state index contributed by atoms with van der Waals surface area (Å²) in [5, 5.41) is 16.2. The van der Waals surface area contributed by atoms with Crippen molar-refractivity contribution in [1.82, 2.24) is 20.3 Å². The van der Waals surface area contributed by atoms with Crippen LogP contribution in [-0.4, -0.2) is 21.5 Å². The molecule has 0 bridgehead atoms. The van der Waals surface area contributed by atoms with Crippen molar-refractivity contribution in [3.8, 4) is 0 Å². The molecule has 0 radical (unpaired) electrons. The molecule has 2 aromatic heterocycles. The average Bonchev–Trinajstić information content (AvgIpc) is 2.96. The van der Waals surface area contributed by atoms with Crippen LogP contribution in [0.4, 0.5) is 0 Å². The zero-order valence-corrected chi connectivity index (χ0v) is 12.0. The molecule has 0 spiro atoms. The first-order chi connectivity index (χ1) is 8.77. The van der Waals surface area contributed by atoms with Gasteiger partial charge in [-0.3, -0.25) is 0 Å². The van der Waals surface area contributed by atoms with Gasteiger partial charge in [-0.2, -0.15) is 11.3 Å². The van der Waals surface area contributed by atoms with Gasteiger partial charge in [0.1, 0.15) is 0 Å². The van der Waals surface area contributed by atoms with E-state index in [0.717, 1.165) is 25.2 Å². The number of hydrogen-bond acceptors (Lipinski definition) is 4. The zero-order valence-electron chi connectivity index (χ0n) is 11.2. The van der Waals surface area contributed by atoms with Crippen LogP contribution in [0.25, 0.3) is 0 Å². The third-order valence-electron chi connectivity index (χ3n) is 2.99. The summed E-state index contributed by atoms with van der Waals surface area (Å²) in [6.45, 7) is 8.29. The summed E-state index contributed by atoms with van der Waals surface area (Å²) in [4.78, 5) is 0. The van der Waals surface area contributed by atoms with Crippen LogP contribution in [0, 0.1) is 6.92 Å². The number of nitrogens with one attached hydrogen (secondary N) is 1. The van der Waals surface area contributed by atoms with Gasteiger partial charge in [0.05, 0.1) is 17.9 Å². The molecule has 2 rings (SSSR count). The second-order valence-corrected chi connectivity index (χ2v) is 5.13. The molecule has 0 saturated carbocycles. The van der Waals surface area contributed by atoms with Crippen molar-refractivity contribution in [3.63, 3.8) is 0 Å². The zero-order chi connectivity index (χ0) is 13.0. The standard InChI is InChI=1S/C13H20N4S/c1-4-6-17-12(7-15-16-17)13(14-5-2)11-9-18-8-10(11)3/h7-9,13-14H,4-6H2,1-3H3. The summed E-state index contributed by atoms with van der Waals surface area (Å²) in [6, 6.07) is 0.197. The molecule has 2 aromatic rings. The van der Waals surface area contributed by atoms with E-state index in [1.807, 2.05) is 10.9 Å².